The normalized spacial score (nSPS) is 13.2. The lowest BCUT2D eigenvalue weighted by Gasteiger charge is -2.04. The van der Waals surface area contributed by atoms with E-state index >= 15 is 0 Å². The molecule has 0 saturated heterocycles. The molecular formula is C10H13F2N5O. The number of aromatic nitrogens is 5. The molecule has 2 rings (SSSR count). The number of rotatable bonds is 4. The molecule has 0 aliphatic carbocycles. The Kier molecular flexibility index (Phi) is 3.37. The molecule has 0 aliphatic heterocycles. The highest BCUT2D eigenvalue weighted by Gasteiger charge is 2.19. The molecule has 1 unspecified atom stereocenters. The highest BCUT2D eigenvalue weighted by molar-refractivity contribution is 5.22. The number of aliphatic hydroxyl groups is 1. The molecule has 2 aromatic heterocycles. The van der Waals surface area contributed by atoms with Crippen LogP contribution in [0.15, 0.2) is 12.4 Å². The van der Waals surface area contributed by atoms with Crippen molar-refractivity contribution in [3.63, 3.8) is 0 Å². The molecule has 0 aliphatic rings. The van der Waals surface area contributed by atoms with Gasteiger partial charge in [0, 0.05) is 18.8 Å². The summed E-state index contributed by atoms with van der Waals surface area (Å²) in [6, 6.07) is 0. The Hall–Kier alpha value is -1.83. The molecule has 6 nitrogen and oxygen atoms in total. The first-order chi connectivity index (χ1) is 8.47. The minimum absolute atomic E-state index is 0.397. The second-order valence-corrected chi connectivity index (χ2v) is 3.95. The van der Waals surface area contributed by atoms with Crippen molar-refractivity contribution in [2.75, 3.05) is 0 Å². The van der Waals surface area contributed by atoms with E-state index in [0.717, 1.165) is 4.68 Å². The predicted molar refractivity (Wildman–Crippen MR) is 58.0 cm³/mol. The first-order valence-electron chi connectivity index (χ1n) is 5.33. The standard InChI is InChI=1S/C10H13F2N5O/c1-6-9(15-16(2)14-6)10(18)7-3-13-17(4-7)5-8(11)12/h3-4,8,10,18H,5H2,1-2H3. The van der Waals surface area contributed by atoms with E-state index in [-0.39, 0.29) is 0 Å². The molecule has 0 aromatic carbocycles. The first kappa shape index (κ1) is 12.6. The van der Waals surface area contributed by atoms with Gasteiger partial charge in [-0.25, -0.2) is 8.78 Å². The van der Waals surface area contributed by atoms with Gasteiger partial charge >= 0.3 is 0 Å². The third kappa shape index (κ3) is 2.53. The largest absolute Gasteiger partial charge is 0.382 e. The number of hydrogen-bond donors (Lipinski definition) is 1. The van der Waals surface area contributed by atoms with Crippen molar-refractivity contribution >= 4 is 0 Å². The van der Waals surface area contributed by atoms with Gasteiger partial charge in [0.05, 0.1) is 11.9 Å². The summed E-state index contributed by atoms with van der Waals surface area (Å²) in [7, 11) is 1.64. The average Bonchev–Trinajstić information content (AvgIpc) is 2.84. The Labute approximate surface area is 102 Å². The molecule has 0 saturated carbocycles. The van der Waals surface area contributed by atoms with Gasteiger partial charge in [-0.1, -0.05) is 0 Å². The van der Waals surface area contributed by atoms with Gasteiger partial charge in [-0.15, -0.1) is 0 Å². The molecule has 2 heterocycles. The highest BCUT2D eigenvalue weighted by Crippen LogP contribution is 2.21. The third-order valence-corrected chi connectivity index (χ3v) is 2.47. The van der Waals surface area contributed by atoms with E-state index in [2.05, 4.69) is 15.3 Å². The smallest absolute Gasteiger partial charge is 0.257 e. The summed E-state index contributed by atoms with van der Waals surface area (Å²) < 4.78 is 25.4. The van der Waals surface area contributed by atoms with Crippen LogP contribution in [-0.2, 0) is 13.6 Å². The molecule has 98 valence electrons. The summed E-state index contributed by atoms with van der Waals surface area (Å²) >= 11 is 0. The Morgan fingerprint density at radius 2 is 2.11 bits per heavy atom. The van der Waals surface area contributed by atoms with Gasteiger partial charge in [0.2, 0.25) is 0 Å². The van der Waals surface area contributed by atoms with Crippen LogP contribution in [0.5, 0.6) is 0 Å². The number of halogens is 2. The van der Waals surface area contributed by atoms with E-state index in [1.165, 1.54) is 17.2 Å². The molecule has 0 radical (unpaired) electrons. The van der Waals surface area contributed by atoms with Gasteiger partial charge in [0.15, 0.2) is 0 Å². The molecule has 1 N–H and O–H groups in total. The number of nitrogens with zero attached hydrogens (tertiary/aromatic N) is 5. The summed E-state index contributed by atoms with van der Waals surface area (Å²) in [5, 5.41) is 21.9. The minimum Gasteiger partial charge on any atom is -0.382 e. The van der Waals surface area contributed by atoms with Crippen molar-refractivity contribution in [1.82, 2.24) is 24.8 Å². The van der Waals surface area contributed by atoms with Gasteiger partial charge in [-0.05, 0) is 6.92 Å². The van der Waals surface area contributed by atoms with Crippen molar-refractivity contribution in [1.29, 1.82) is 0 Å². The van der Waals surface area contributed by atoms with Gasteiger partial charge < -0.3 is 5.11 Å². The maximum atomic E-state index is 12.2. The second-order valence-electron chi connectivity index (χ2n) is 3.95. The molecule has 0 bridgehead atoms. The monoisotopic (exact) mass is 257 g/mol. The van der Waals surface area contributed by atoms with Crippen molar-refractivity contribution < 1.29 is 13.9 Å². The van der Waals surface area contributed by atoms with E-state index in [4.69, 9.17) is 0 Å². The topological polar surface area (TPSA) is 68.8 Å². The van der Waals surface area contributed by atoms with E-state index < -0.39 is 19.1 Å². The lowest BCUT2D eigenvalue weighted by Crippen LogP contribution is -2.07. The van der Waals surface area contributed by atoms with E-state index in [9.17, 15) is 13.9 Å². The van der Waals surface area contributed by atoms with Crippen LogP contribution in [0.25, 0.3) is 0 Å². The van der Waals surface area contributed by atoms with E-state index in [0.29, 0.717) is 17.0 Å². The maximum Gasteiger partial charge on any atom is 0.257 e. The lowest BCUT2D eigenvalue weighted by molar-refractivity contribution is 0.121. The number of aliphatic hydroxyl groups excluding tert-OH is 1. The summed E-state index contributed by atoms with van der Waals surface area (Å²) in [4.78, 5) is 1.34. The van der Waals surface area contributed by atoms with Gasteiger partial charge in [-0.3, -0.25) is 4.68 Å². The number of hydrogen-bond acceptors (Lipinski definition) is 4. The van der Waals surface area contributed by atoms with Gasteiger partial charge in [0.1, 0.15) is 18.3 Å². The molecular weight excluding hydrogens is 244 g/mol. The third-order valence-electron chi connectivity index (χ3n) is 2.47. The Morgan fingerprint density at radius 1 is 1.39 bits per heavy atom. The molecule has 1 atom stereocenters. The van der Waals surface area contributed by atoms with Crippen LogP contribution in [-0.4, -0.2) is 36.3 Å². The fourth-order valence-corrected chi connectivity index (χ4v) is 1.69. The molecule has 0 fully saturated rings. The molecule has 8 heteroatoms. The zero-order chi connectivity index (χ0) is 13.3. The summed E-state index contributed by atoms with van der Waals surface area (Å²) in [6.07, 6.45) is -0.759. The predicted octanol–water partition coefficient (Wildman–Crippen LogP) is 0.667. The summed E-state index contributed by atoms with van der Waals surface area (Å²) in [6.45, 7) is 1.22. The molecule has 2 aromatic rings. The van der Waals surface area contributed by atoms with Crippen LogP contribution in [0.3, 0.4) is 0 Å². The highest BCUT2D eigenvalue weighted by atomic mass is 19.3. The van der Waals surface area contributed by atoms with Crippen molar-refractivity contribution in [2.24, 2.45) is 7.05 Å². The average molecular weight is 257 g/mol. The van der Waals surface area contributed by atoms with E-state index in [1.54, 1.807) is 14.0 Å². The second kappa shape index (κ2) is 4.81. The fourth-order valence-electron chi connectivity index (χ4n) is 1.69. The van der Waals surface area contributed by atoms with Gasteiger partial charge in [0.25, 0.3) is 6.43 Å². The maximum absolute atomic E-state index is 12.2. The Morgan fingerprint density at radius 3 is 2.67 bits per heavy atom. The number of alkyl halides is 2. The molecule has 0 amide bonds. The van der Waals surface area contributed by atoms with Crippen LogP contribution in [0, 0.1) is 6.92 Å². The molecule has 0 spiro atoms. The van der Waals surface area contributed by atoms with Crippen molar-refractivity contribution in [3.8, 4) is 0 Å². The quantitative estimate of drug-likeness (QED) is 0.874. The fraction of sp³-hybridized carbons (Fsp3) is 0.500. The minimum atomic E-state index is -2.48. The van der Waals surface area contributed by atoms with Crippen LogP contribution in [0.4, 0.5) is 8.78 Å². The van der Waals surface area contributed by atoms with Crippen LogP contribution in [0.1, 0.15) is 23.1 Å². The summed E-state index contributed by atoms with van der Waals surface area (Å²) in [5.41, 5.74) is 1.40. The number of aryl methyl sites for hydroxylation is 2. The summed E-state index contributed by atoms with van der Waals surface area (Å²) in [5.74, 6) is 0. The van der Waals surface area contributed by atoms with Crippen molar-refractivity contribution in [2.45, 2.75) is 26.0 Å². The van der Waals surface area contributed by atoms with Crippen LogP contribution in [0.2, 0.25) is 0 Å². The zero-order valence-corrected chi connectivity index (χ0v) is 9.96. The van der Waals surface area contributed by atoms with Crippen LogP contribution >= 0.6 is 0 Å². The zero-order valence-electron chi connectivity index (χ0n) is 9.96. The first-order valence-corrected chi connectivity index (χ1v) is 5.33. The Balaban J connectivity index is 2.21. The molecule has 18 heavy (non-hydrogen) atoms. The SMILES string of the molecule is Cc1nn(C)nc1C(O)c1cnn(CC(F)F)c1. The van der Waals surface area contributed by atoms with Crippen LogP contribution < -0.4 is 0 Å². The van der Waals surface area contributed by atoms with E-state index in [1.807, 2.05) is 0 Å². The Bertz CT molecular complexity index is 536. The van der Waals surface area contributed by atoms with Gasteiger partial charge in [-0.2, -0.15) is 20.1 Å². The van der Waals surface area contributed by atoms with Crippen molar-refractivity contribution in [3.05, 3.63) is 29.3 Å². The lowest BCUT2D eigenvalue weighted by atomic mass is 10.1.